The number of hydrogen-bond acceptors (Lipinski definition) is 2. The largest absolute Gasteiger partial charge is 0.309 e. The third kappa shape index (κ3) is 3.01. The van der Waals surface area contributed by atoms with Crippen LogP contribution < -0.4 is 5.32 Å². The molecular formula is C17H26N2. The average molecular weight is 258 g/mol. The zero-order chi connectivity index (χ0) is 13.5. The molecule has 2 nitrogen and oxygen atoms in total. The van der Waals surface area contributed by atoms with Crippen LogP contribution in [-0.4, -0.2) is 30.1 Å². The molecule has 0 bridgehead atoms. The quantitative estimate of drug-likeness (QED) is 0.895. The molecule has 1 N–H and O–H groups in total. The number of benzene rings is 1. The van der Waals surface area contributed by atoms with Crippen molar-refractivity contribution in [1.82, 2.24) is 10.2 Å². The molecule has 1 aliphatic heterocycles. The van der Waals surface area contributed by atoms with Crippen LogP contribution in [0.2, 0.25) is 0 Å². The highest BCUT2D eigenvalue weighted by Crippen LogP contribution is 2.47. The second kappa shape index (κ2) is 4.60. The zero-order valence-corrected chi connectivity index (χ0v) is 12.4. The Hall–Kier alpha value is -0.860. The van der Waals surface area contributed by atoms with Crippen molar-refractivity contribution in [3.05, 3.63) is 35.9 Å². The van der Waals surface area contributed by atoms with Gasteiger partial charge in [0.25, 0.3) is 0 Å². The van der Waals surface area contributed by atoms with Crippen molar-refractivity contribution in [1.29, 1.82) is 0 Å². The Morgan fingerprint density at radius 1 is 1.16 bits per heavy atom. The topological polar surface area (TPSA) is 15.3 Å². The summed E-state index contributed by atoms with van der Waals surface area (Å²) in [5.41, 5.74) is 2.27. The van der Waals surface area contributed by atoms with Crippen LogP contribution in [0, 0.1) is 5.41 Å². The molecule has 0 amide bonds. The van der Waals surface area contributed by atoms with Crippen molar-refractivity contribution in [3.8, 4) is 0 Å². The van der Waals surface area contributed by atoms with Crippen molar-refractivity contribution < 1.29 is 0 Å². The summed E-state index contributed by atoms with van der Waals surface area (Å²) in [5, 5.41) is 3.70. The first kappa shape index (κ1) is 13.1. The SMILES string of the molecule is CC1(CN2CC(C)(C)NCC2c2ccccc2)CC1. The van der Waals surface area contributed by atoms with Gasteiger partial charge in [0.15, 0.2) is 0 Å². The number of piperazine rings is 1. The molecule has 2 heteroatoms. The van der Waals surface area contributed by atoms with Crippen LogP contribution in [0.4, 0.5) is 0 Å². The number of hydrogen-bond donors (Lipinski definition) is 1. The molecule has 0 aromatic heterocycles. The van der Waals surface area contributed by atoms with Gasteiger partial charge in [-0.05, 0) is 37.7 Å². The molecule has 1 saturated carbocycles. The third-order valence-corrected chi connectivity index (χ3v) is 4.69. The van der Waals surface area contributed by atoms with Crippen LogP contribution in [-0.2, 0) is 0 Å². The zero-order valence-electron chi connectivity index (χ0n) is 12.4. The normalized spacial score (nSPS) is 29.1. The summed E-state index contributed by atoms with van der Waals surface area (Å²) in [4.78, 5) is 2.71. The van der Waals surface area contributed by atoms with E-state index in [9.17, 15) is 0 Å². The first-order valence-corrected chi connectivity index (χ1v) is 7.52. The van der Waals surface area contributed by atoms with Crippen LogP contribution in [0.1, 0.15) is 45.2 Å². The molecule has 2 aliphatic rings. The Balaban J connectivity index is 1.80. The van der Waals surface area contributed by atoms with E-state index in [1.54, 1.807) is 0 Å². The van der Waals surface area contributed by atoms with Crippen LogP contribution in [0.3, 0.4) is 0 Å². The number of nitrogens with one attached hydrogen (secondary N) is 1. The molecular weight excluding hydrogens is 232 g/mol. The van der Waals surface area contributed by atoms with Gasteiger partial charge in [0.05, 0.1) is 0 Å². The van der Waals surface area contributed by atoms with E-state index < -0.39 is 0 Å². The first-order valence-electron chi connectivity index (χ1n) is 7.52. The maximum Gasteiger partial charge on any atom is 0.0473 e. The van der Waals surface area contributed by atoms with Gasteiger partial charge in [-0.3, -0.25) is 4.90 Å². The van der Waals surface area contributed by atoms with Crippen molar-refractivity contribution in [2.75, 3.05) is 19.6 Å². The van der Waals surface area contributed by atoms with Gasteiger partial charge in [0, 0.05) is 31.2 Å². The smallest absolute Gasteiger partial charge is 0.0473 e. The minimum Gasteiger partial charge on any atom is -0.309 e. The second-order valence-corrected chi connectivity index (χ2v) is 7.41. The van der Waals surface area contributed by atoms with E-state index in [1.807, 2.05) is 0 Å². The fourth-order valence-corrected chi connectivity index (χ4v) is 3.21. The highest BCUT2D eigenvalue weighted by molar-refractivity contribution is 5.21. The summed E-state index contributed by atoms with van der Waals surface area (Å²) in [6, 6.07) is 11.5. The van der Waals surface area contributed by atoms with E-state index >= 15 is 0 Å². The van der Waals surface area contributed by atoms with Crippen LogP contribution >= 0.6 is 0 Å². The second-order valence-electron chi connectivity index (χ2n) is 7.41. The Morgan fingerprint density at radius 2 is 1.84 bits per heavy atom. The Kier molecular flexibility index (Phi) is 3.18. The van der Waals surface area contributed by atoms with E-state index in [0.717, 1.165) is 13.1 Å². The molecule has 2 fully saturated rings. The van der Waals surface area contributed by atoms with Crippen LogP contribution in [0.5, 0.6) is 0 Å². The molecule has 19 heavy (non-hydrogen) atoms. The maximum atomic E-state index is 3.70. The van der Waals surface area contributed by atoms with Crippen molar-refractivity contribution in [3.63, 3.8) is 0 Å². The van der Waals surface area contributed by atoms with Gasteiger partial charge in [-0.25, -0.2) is 0 Å². The lowest BCUT2D eigenvalue weighted by Crippen LogP contribution is -2.58. The Labute approximate surface area is 117 Å². The summed E-state index contributed by atoms with van der Waals surface area (Å²) in [5.74, 6) is 0. The summed E-state index contributed by atoms with van der Waals surface area (Å²) >= 11 is 0. The van der Waals surface area contributed by atoms with Gasteiger partial charge in [0.2, 0.25) is 0 Å². The van der Waals surface area contributed by atoms with E-state index in [4.69, 9.17) is 0 Å². The van der Waals surface area contributed by atoms with Crippen LogP contribution in [0.15, 0.2) is 30.3 Å². The Morgan fingerprint density at radius 3 is 2.47 bits per heavy atom. The van der Waals surface area contributed by atoms with Gasteiger partial charge in [-0.15, -0.1) is 0 Å². The molecule has 104 valence electrons. The number of nitrogens with zero attached hydrogens (tertiary/aromatic N) is 1. The number of rotatable bonds is 3. The van der Waals surface area contributed by atoms with Gasteiger partial charge < -0.3 is 5.32 Å². The van der Waals surface area contributed by atoms with Crippen molar-refractivity contribution >= 4 is 0 Å². The monoisotopic (exact) mass is 258 g/mol. The predicted molar refractivity (Wildman–Crippen MR) is 80.2 cm³/mol. The molecule has 1 aromatic rings. The summed E-state index contributed by atoms with van der Waals surface area (Å²) in [6.45, 7) is 10.5. The van der Waals surface area contributed by atoms with Gasteiger partial charge in [-0.1, -0.05) is 37.3 Å². The van der Waals surface area contributed by atoms with Gasteiger partial charge in [-0.2, -0.15) is 0 Å². The fraction of sp³-hybridized carbons (Fsp3) is 0.647. The minimum absolute atomic E-state index is 0.233. The lowest BCUT2D eigenvalue weighted by atomic mass is 9.93. The summed E-state index contributed by atoms with van der Waals surface area (Å²) in [7, 11) is 0. The molecule has 1 aromatic carbocycles. The molecule has 0 radical (unpaired) electrons. The van der Waals surface area contributed by atoms with E-state index in [0.29, 0.717) is 11.5 Å². The summed E-state index contributed by atoms with van der Waals surface area (Å²) < 4.78 is 0. The van der Waals surface area contributed by atoms with E-state index in [-0.39, 0.29) is 5.54 Å². The molecule has 1 unspecified atom stereocenters. The van der Waals surface area contributed by atoms with Crippen molar-refractivity contribution in [2.24, 2.45) is 5.41 Å². The Bertz CT molecular complexity index is 432. The molecule has 1 saturated heterocycles. The minimum atomic E-state index is 0.233. The lowest BCUT2D eigenvalue weighted by Gasteiger charge is -2.46. The van der Waals surface area contributed by atoms with Crippen molar-refractivity contribution in [2.45, 2.75) is 45.2 Å². The molecule has 3 rings (SSSR count). The van der Waals surface area contributed by atoms with Gasteiger partial charge >= 0.3 is 0 Å². The maximum absolute atomic E-state index is 3.70. The molecule has 0 spiro atoms. The summed E-state index contributed by atoms with van der Waals surface area (Å²) in [6.07, 6.45) is 2.80. The molecule has 1 heterocycles. The average Bonchev–Trinajstić information content (AvgIpc) is 3.07. The molecule has 1 atom stereocenters. The lowest BCUT2D eigenvalue weighted by molar-refractivity contribution is 0.0770. The van der Waals surface area contributed by atoms with E-state index in [2.05, 4.69) is 61.3 Å². The first-order chi connectivity index (χ1) is 8.98. The third-order valence-electron chi connectivity index (χ3n) is 4.69. The standard InChI is InChI=1S/C17H26N2/c1-16(2)12-19(13-17(3)9-10-17)15(11-18-16)14-7-5-4-6-8-14/h4-8,15,18H,9-13H2,1-3H3. The van der Waals surface area contributed by atoms with Gasteiger partial charge in [0.1, 0.15) is 0 Å². The highest BCUT2D eigenvalue weighted by Gasteiger charge is 2.43. The fourth-order valence-electron chi connectivity index (χ4n) is 3.21. The van der Waals surface area contributed by atoms with E-state index in [1.165, 1.54) is 24.9 Å². The highest BCUT2D eigenvalue weighted by atomic mass is 15.3. The predicted octanol–water partition coefficient (Wildman–Crippen LogP) is 3.21. The van der Waals surface area contributed by atoms with Crippen LogP contribution in [0.25, 0.3) is 0 Å². The molecule has 1 aliphatic carbocycles.